The molecule has 1 aliphatic carbocycles. The fourth-order valence-corrected chi connectivity index (χ4v) is 3.56. The smallest absolute Gasteiger partial charge is 0.0637 e. The van der Waals surface area contributed by atoms with Crippen LogP contribution in [-0.2, 0) is 4.74 Å². The van der Waals surface area contributed by atoms with Gasteiger partial charge in [0.15, 0.2) is 0 Å². The van der Waals surface area contributed by atoms with E-state index in [-0.39, 0.29) is 0 Å². The van der Waals surface area contributed by atoms with Crippen LogP contribution in [0, 0.1) is 0 Å². The molecule has 0 aromatic heterocycles. The number of nitrogens with zero attached hydrogens (tertiary/aromatic N) is 1. The minimum absolute atomic E-state index is 0.571. The zero-order chi connectivity index (χ0) is 12.8. The Bertz CT molecular complexity index is 225. The van der Waals surface area contributed by atoms with Gasteiger partial charge in [0.05, 0.1) is 6.61 Å². The zero-order valence-corrected chi connectivity index (χ0v) is 12.2. The van der Waals surface area contributed by atoms with Crippen molar-refractivity contribution in [3.63, 3.8) is 0 Å². The van der Waals surface area contributed by atoms with Crippen LogP contribution in [0.4, 0.5) is 0 Å². The van der Waals surface area contributed by atoms with Crippen molar-refractivity contribution in [3.8, 4) is 0 Å². The van der Waals surface area contributed by atoms with Gasteiger partial charge >= 0.3 is 0 Å². The van der Waals surface area contributed by atoms with Gasteiger partial charge in [0, 0.05) is 24.7 Å². The molecule has 0 spiro atoms. The monoisotopic (exact) mass is 254 g/mol. The van der Waals surface area contributed by atoms with Crippen LogP contribution in [-0.4, -0.2) is 49.8 Å². The summed E-state index contributed by atoms with van der Waals surface area (Å²) < 4.78 is 5.72. The molecule has 3 heteroatoms. The molecule has 1 saturated carbocycles. The van der Waals surface area contributed by atoms with Crippen LogP contribution in [0.25, 0.3) is 0 Å². The van der Waals surface area contributed by atoms with Gasteiger partial charge in [-0.25, -0.2) is 0 Å². The SMILES string of the molecule is CCNC1CCOCC1N(C)C1CCCCCC1. The molecule has 3 nitrogen and oxygen atoms in total. The van der Waals surface area contributed by atoms with Gasteiger partial charge in [0.25, 0.3) is 0 Å². The van der Waals surface area contributed by atoms with Gasteiger partial charge in [-0.05, 0) is 32.9 Å². The summed E-state index contributed by atoms with van der Waals surface area (Å²) in [5.74, 6) is 0. The van der Waals surface area contributed by atoms with Crippen molar-refractivity contribution in [2.24, 2.45) is 0 Å². The summed E-state index contributed by atoms with van der Waals surface area (Å²) in [6.07, 6.45) is 9.61. The molecule has 2 aliphatic rings. The maximum atomic E-state index is 5.72. The average molecular weight is 254 g/mol. The van der Waals surface area contributed by atoms with Gasteiger partial charge in [-0.2, -0.15) is 0 Å². The quantitative estimate of drug-likeness (QED) is 0.780. The lowest BCUT2D eigenvalue weighted by molar-refractivity contribution is -0.0104. The summed E-state index contributed by atoms with van der Waals surface area (Å²) in [5, 5.41) is 3.65. The third-order valence-corrected chi connectivity index (χ3v) is 4.72. The Balaban J connectivity index is 1.93. The van der Waals surface area contributed by atoms with Crippen molar-refractivity contribution in [2.75, 3.05) is 26.8 Å². The molecule has 2 fully saturated rings. The van der Waals surface area contributed by atoms with E-state index in [1.54, 1.807) is 0 Å². The van der Waals surface area contributed by atoms with E-state index in [2.05, 4.69) is 24.2 Å². The van der Waals surface area contributed by atoms with Crippen LogP contribution in [0.1, 0.15) is 51.9 Å². The Morgan fingerprint density at radius 2 is 1.83 bits per heavy atom. The number of rotatable bonds is 4. The second kappa shape index (κ2) is 7.46. The highest BCUT2D eigenvalue weighted by Gasteiger charge is 2.32. The van der Waals surface area contributed by atoms with Crippen molar-refractivity contribution >= 4 is 0 Å². The summed E-state index contributed by atoms with van der Waals surface area (Å²) in [5.41, 5.74) is 0. The Morgan fingerprint density at radius 3 is 2.50 bits per heavy atom. The summed E-state index contributed by atoms with van der Waals surface area (Å²) in [6, 6.07) is 1.97. The van der Waals surface area contributed by atoms with E-state index < -0.39 is 0 Å². The third kappa shape index (κ3) is 3.69. The highest BCUT2D eigenvalue weighted by Crippen LogP contribution is 2.25. The van der Waals surface area contributed by atoms with E-state index in [0.29, 0.717) is 12.1 Å². The van der Waals surface area contributed by atoms with Crippen molar-refractivity contribution in [3.05, 3.63) is 0 Å². The maximum absolute atomic E-state index is 5.72. The van der Waals surface area contributed by atoms with Gasteiger partial charge in [-0.15, -0.1) is 0 Å². The maximum Gasteiger partial charge on any atom is 0.0637 e. The van der Waals surface area contributed by atoms with E-state index in [1.807, 2.05) is 0 Å². The van der Waals surface area contributed by atoms with Crippen LogP contribution in [0.2, 0.25) is 0 Å². The molecule has 1 heterocycles. The van der Waals surface area contributed by atoms with Crippen LogP contribution < -0.4 is 5.32 Å². The van der Waals surface area contributed by atoms with E-state index in [0.717, 1.165) is 32.2 Å². The van der Waals surface area contributed by atoms with Crippen LogP contribution in [0.3, 0.4) is 0 Å². The fraction of sp³-hybridized carbons (Fsp3) is 1.00. The molecule has 106 valence electrons. The molecule has 1 aliphatic heterocycles. The van der Waals surface area contributed by atoms with E-state index >= 15 is 0 Å². The van der Waals surface area contributed by atoms with E-state index in [4.69, 9.17) is 4.74 Å². The summed E-state index contributed by atoms with van der Waals surface area (Å²) in [4.78, 5) is 2.62. The Kier molecular flexibility index (Phi) is 5.93. The first-order valence-corrected chi connectivity index (χ1v) is 7.86. The minimum Gasteiger partial charge on any atom is -0.380 e. The summed E-state index contributed by atoms with van der Waals surface area (Å²) in [6.45, 7) is 5.11. The van der Waals surface area contributed by atoms with Gasteiger partial charge in [-0.1, -0.05) is 32.6 Å². The van der Waals surface area contributed by atoms with Gasteiger partial charge in [0.2, 0.25) is 0 Å². The van der Waals surface area contributed by atoms with Crippen molar-refractivity contribution in [1.82, 2.24) is 10.2 Å². The highest BCUT2D eigenvalue weighted by molar-refractivity contribution is 4.89. The second-order valence-electron chi connectivity index (χ2n) is 5.91. The summed E-state index contributed by atoms with van der Waals surface area (Å²) >= 11 is 0. The molecule has 2 unspecified atom stereocenters. The Labute approximate surface area is 112 Å². The first-order valence-electron chi connectivity index (χ1n) is 7.86. The van der Waals surface area contributed by atoms with Crippen molar-refractivity contribution in [2.45, 2.75) is 70.0 Å². The van der Waals surface area contributed by atoms with Gasteiger partial charge in [0.1, 0.15) is 0 Å². The van der Waals surface area contributed by atoms with Crippen LogP contribution in [0.15, 0.2) is 0 Å². The number of ether oxygens (including phenoxy) is 1. The topological polar surface area (TPSA) is 24.5 Å². The van der Waals surface area contributed by atoms with E-state index in [9.17, 15) is 0 Å². The molecule has 0 amide bonds. The molecule has 0 aromatic carbocycles. The lowest BCUT2D eigenvalue weighted by Crippen LogP contribution is -2.56. The first-order chi connectivity index (χ1) is 8.83. The second-order valence-corrected chi connectivity index (χ2v) is 5.91. The largest absolute Gasteiger partial charge is 0.380 e. The fourth-order valence-electron chi connectivity index (χ4n) is 3.56. The number of hydrogen-bond acceptors (Lipinski definition) is 3. The predicted molar refractivity (Wildman–Crippen MR) is 75.9 cm³/mol. The molecule has 2 atom stereocenters. The number of likely N-dealkylation sites (N-methyl/N-ethyl adjacent to an activating group) is 2. The van der Waals surface area contributed by atoms with Crippen LogP contribution in [0.5, 0.6) is 0 Å². The minimum atomic E-state index is 0.571. The molecule has 1 N–H and O–H groups in total. The molecule has 0 aromatic rings. The van der Waals surface area contributed by atoms with Crippen LogP contribution >= 0.6 is 0 Å². The van der Waals surface area contributed by atoms with Crippen molar-refractivity contribution in [1.29, 1.82) is 0 Å². The molecule has 2 rings (SSSR count). The Hall–Kier alpha value is -0.120. The highest BCUT2D eigenvalue weighted by atomic mass is 16.5. The lowest BCUT2D eigenvalue weighted by Gasteiger charge is -2.42. The van der Waals surface area contributed by atoms with Gasteiger partial charge in [-0.3, -0.25) is 4.90 Å². The average Bonchev–Trinajstić information content (AvgIpc) is 2.68. The standard InChI is InChI=1S/C15H30N2O/c1-3-16-14-10-11-18-12-15(14)17(2)13-8-6-4-5-7-9-13/h13-16H,3-12H2,1-2H3. The first kappa shape index (κ1) is 14.3. The molecular weight excluding hydrogens is 224 g/mol. The van der Waals surface area contributed by atoms with Gasteiger partial charge < -0.3 is 10.1 Å². The molecule has 18 heavy (non-hydrogen) atoms. The lowest BCUT2D eigenvalue weighted by atomic mass is 9.98. The number of nitrogens with one attached hydrogen (secondary N) is 1. The number of hydrogen-bond donors (Lipinski definition) is 1. The molecule has 0 bridgehead atoms. The third-order valence-electron chi connectivity index (χ3n) is 4.72. The zero-order valence-electron chi connectivity index (χ0n) is 12.2. The Morgan fingerprint density at radius 1 is 1.11 bits per heavy atom. The molecular formula is C15H30N2O. The normalized spacial score (nSPS) is 31.5. The summed E-state index contributed by atoms with van der Waals surface area (Å²) in [7, 11) is 2.32. The predicted octanol–water partition coefficient (Wildman–Crippen LogP) is 2.41. The molecule has 0 radical (unpaired) electrons. The molecule has 1 saturated heterocycles. The van der Waals surface area contributed by atoms with E-state index in [1.165, 1.54) is 38.5 Å². The van der Waals surface area contributed by atoms with Crippen molar-refractivity contribution < 1.29 is 4.74 Å².